The molecule has 0 aliphatic carbocycles. The number of fused-ring (bicyclic) bond motifs is 1. The van der Waals surface area contributed by atoms with Crippen molar-refractivity contribution in [1.29, 1.82) is 0 Å². The SMILES string of the molecule is CCO[C@H]1OC(C(=O)N2CCN(Cc3ccc4c(c3)OCO4)CC2)=C[C@@H](c2ccc(I)cc2)[C@H]1CCCO. The monoisotopic (exact) mass is 634 g/mol. The smallest absolute Gasteiger partial charge is 0.288 e. The first-order chi connectivity index (χ1) is 18.6. The average Bonchev–Trinajstić information content (AvgIpc) is 3.41. The normalized spacial score (nSPS) is 23.2. The quantitative estimate of drug-likeness (QED) is 0.416. The van der Waals surface area contributed by atoms with Crippen molar-refractivity contribution in [2.75, 3.05) is 46.2 Å². The molecule has 2 aromatic rings. The lowest BCUT2D eigenvalue weighted by Gasteiger charge is -2.39. The Balaban J connectivity index is 1.28. The van der Waals surface area contributed by atoms with Crippen molar-refractivity contribution >= 4 is 28.5 Å². The molecule has 1 saturated heterocycles. The maximum atomic E-state index is 13.6. The summed E-state index contributed by atoms with van der Waals surface area (Å²) in [7, 11) is 0. The van der Waals surface area contributed by atoms with E-state index in [1.807, 2.05) is 30.0 Å². The minimum atomic E-state index is -0.535. The summed E-state index contributed by atoms with van der Waals surface area (Å²) in [6.45, 7) is 6.42. The Bertz CT molecular complexity index is 1130. The number of aliphatic hydroxyl groups excluding tert-OH is 1. The van der Waals surface area contributed by atoms with Gasteiger partial charge in [-0.05, 0) is 83.8 Å². The highest BCUT2D eigenvalue weighted by atomic mass is 127. The number of nitrogens with zero attached hydrogens (tertiary/aromatic N) is 2. The van der Waals surface area contributed by atoms with E-state index in [9.17, 15) is 9.90 Å². The van der Waals surface area contributed by atoms with Gasteiger partial charge in [0.25, 0.3) is 5.91 Å². The van der Waals surface area contributed by atoms with Crippen LogP contribution in [0, 0.1) is 9.49 Å². The molecule has 8 nitrogen and oxygen atoms in total. The Morgan fingerprint density at radius 1 is 1.08 bits per heavy atom. The predicted octanol–water partition coefficient (Wildman–Crippen LogP) is 4.11. The molecular formula is C29H35IN2O6. The van der Waals surface area contributed by atoms with Crippen molar-refractivity contribution in [2.24, 2.45) is 5.92 Å². The fraction of sp³-hybridized carbons (Fsp3) is 0.483. The van der Waals surface area contributed by atoms with Crippen LogP contribution in [0.15, 0.2) is 54.3 Å². The lowest BCUT2D eigenvalue weighted by molar-refractivity contribution is -0.171. The first-order valence-corrected chi connectivity index (χ1v) is 14.4. The first-order valence-electron chi connectivity index (χ1n) is 13.3. The van der Waals surface area contributed by atoms with Gasteiger partial charge < -0.3 is 29.0 Å². The molecule has 1 amide bonds. The number of carbonyl (C=O) groups is 1. The van der Waals surface area contributed by atoms with Gasteiger partial charge in [-0.1, -0.05) is 18.2 Å². The van der Waals surface area contributed by atoms with Gasteiger partial charge in [0.05, 0.1) is 0 Å². The molecule has 0 saturated carbocycles. The zero-order valence-electron chi connectivity index (χ0n) is 21.7. The van der Waals surface area contributed by atoms with Gasteiger partial charge in [-0.2, -0.15) is 0 Å². The lowest BCUT2D eigenvalue weighted by Crippen LogP contribution is -2.49. The van der Waals surface area contributed by atoms with Crippen LogP contribution in [0.25, 0.3) is 0 Å². The molecular weight excluding hydrogens is 599 g/mol. The van der Waals surface area contributed by atoms with Gasteiger partial charge in [-0.3, -0.25) is 9.69 Å². The maximum Gasteiger partial charge on any atom is 0.288 e. The van der Waals surface area contributed by atoms with E-state index in [1.165, 1.54) is 5.56 Å². The van der Waals surface area contributed by atoms with Gasteiger partial charge in [0, 0.05) is 61.3 Å². The summed E-state index contributed by atoms with van der Waals surface area (Å²) in [6, 6.07) is 14.4. The summed E-state index contributed by atoms with van der Waals surface area (Å²) in [5.74, 6) is 1.83. The van der Waals surface area contributed by atoms with Gasteiger partial charge in [-0.25, -0.2) is 0 Å². The third-order valence-corrected chi connectivity index (χ3v) is 8.10. The largest absolute Gasteiger partial charge is 0.459 e. The molecule has 3 heterocycles. The molecule has 2 aromatic carbocycles. The summed E-state index contributed by atoms with van der Waals surface area (Å²) in [4.78, 5) is 17.9. The fourth-order valence-electron chi connectivity index (χ4n) is 5.38. The highest BCUT2D eigenvalue weighted by molar-refractivity contribution is 14.1. The fourth-order valence-corrected chi connectivity index (χ4v) is 5.74. The van der Waals surface area contributed by atoms with Crippen molar-refractivity contribution in [3.63, 3.8) is 0 Å². The van der Waals surface area contributed by atoms with E-state index in [-0.39, 0.29) is 31.1 Å². The Morgan fingerprint density at radius 2 is 1.84 bits per heavy atom. The lowest BCUT2D eigenvalue weighted by atomic mass is 9.80. The Labute approximate surface area is 237 Å². The second-order valence-corrected chi connectivity index (χ2v) is 11.1. The van der Waals surface area contributed by atoms with Crippen molar-refractivity contribution in [3.8, 4) is 11.5 Å². The molecule has 9 heteroatoms. The van der Waals surface area contributed by atoms with Crippen LogP contribution in [0.1, 0.15) is 36.8 Å². The number of amides is 1. The van der Waals surface area contributed by atoms with Crippen molar-refractivity contribution in [2.45, 2.75) is 38.5 Å². The highest BCUT2D eigenvalue weighted by Crippen LogP contribution is 2.40. The van der Waals surface area contributed by atoms with Crippen LogP contribution < -0.4 is 9.47 Å². The summed E-state index contributed by atoms with van der Waals surface area (Å²) in [6.07, 6.45) is 2.84. The molecule has 1 fully saturated rings. The standard InChI is InChI=1S/C29H35IN2O6/c1-2-35-29-23(4-3-15-33)24(21-6-8-22(30)9-7-21)17-27(38-29)28(34)32-13-11-31(12-14-32)18-20-5-10-25-26(16-20)37-19-36-25/h5-10,16-17,23-24,29,33H,2-4,11-15,18-19H2,1H3/t23-,24+,29+/m1/s1. The van der Waals surface area contributed by atoms with Gasteiger partial charge in [0.15, 0.2) is 17.3 Å². The summed E-state index contributed by atoms with van der Waals surface area (Å²) in [5.41, 5.74) is 2.29. The number of piperazine rings is 1. The molecule has 1 N–H and O–H groups in total. The predicted molar refractivity (Wildman–Crippen MR) is 151 cm³/mol. The number of carbonyl (C=O) groups excluding carboxylic acids is 1. The molecule has 3 aliphatic rings. The van der Waals surface area contributed by atoms with E-state index >= 15 is 0 Å². The van der Waals surface area contributed by atoms with Crippen LogP contribution in [0.3, 0.4) is 0 Å². The second-order valence-electron chi connectivity index (χ2n) is 9.84. The summed E-state index contributed by atoms with van der Waals surface area (Å²) >= 11 is 2.30. The Hall–Kier alpha value is -2.34. The van der Waals surface area contributed by atoms with Gasteiger partial charge >= 0.3 is 0 Å². The number of benzene rings is 2. The van der Waals surface area contributed by atoms with Crippen LogP contribution in [0.4, 0.5) is 0 Å². The number of allylic oxidation sites excluding steroid dienone is 1. The van der Waals surface area contributed by atoms with Gasteiger partial charge in [0.2, 0.25) is 13.1 Å². The van der Waals surface area contributed by atoms with E-state index < -0.39 is 6.29 Å². The number of hydrogen-bond donors (Lipinski definition) is 1. The average molecular weight is 635 g/mol. The van der Waals surface area contributed by atoms with Gasteiger partial charge in [0.1, 0.15) is 0 Å². The third kappa shape index (κ3) is 6.27. The molecule has 0 bridgehead atoms. The zero-order valence-corrected chi connectivity index (χ0v) is 23.8. The second kappa shape index (κ2) is 12.7. The number of hydrogen-bond acceptors (Lipinski definition) is 7. The Morgan fingerprint density at radius 3 is 2.58 bits per heavy atom. The summed E-state index contributed by atoms with van der Waals surface area (Å²) < 4.78 is 24.3. The van der Waals surface area contributed by atoms with E-state index in [2.05, 4.69) is 57.8 Å². The molecule has 0 aromatic heterocycles. The topological polar surface area (TPSA) is 80.7 Å². The minimum absolute atomic E-state index is 0.0114. The van der Waals surface area contributed by atoms with E-state index in [0.29, 0.717) is 31.9 Å². The van der Waals surface area contributed by atoms with Crippen molar-refractivity contribution in [1.82, 2.24) is 9.80 Å². The minimum Gasteiger partial charge on any atom is -0.459 e. The van der Waals surface area contributed by atoms with Crippen LogP contribution in [-0.4, -0.2) is 73.3 Å². The molecule has 0 spiro atoms. The number of ether oxygens (including phenoxy) is 4. The van der Waals surface area contributed by atoms with Gasteiger partial charge in [-0.15, -0.1) is 0 Å². The molecule has 204 valence electrons. The summed E-state index contributed by atoms with van der Waals surface area (Å²) in [5, 5.41) is 9.50. The highest BCUT2D eigenvalue weighted by Gasteiger charge is 2.39. The third-order valence-electron chi connectivity index (χ3n) is 7.38. The van der Waals surface area contributed by atoms with E-state index in [4.69, 9.17) is 18.9 Å². The zero-order chi connectivity index (χ0) is 26.5. The number of aliphatic hydroxyl groups is 1. The van der Waals surface area contributed by atoms with Crippen LogP contribution in [-0.2, 0) is 20.8 Å². The van der Waals surface area contributed by atoms with Crippen molar-refractivity contribution < 1.29 is 28.8 Å². The molecule has 3 aliphatic heterocycles. The molecule has 3 atom stereocenters. The first kappa shape index (κ1) is 27.2. The number of halogens is 1. The Kier molecular flexibility index (Phi) is 9.08. The molecule has 5 rings (SSSR count). The van der Waals surface area contributed by atoms with Crippen LogP contribution >= 0.6 is 22.6 Å². The maximum absolute atomic E-state index is 13.6. The molecule has 0 unspecified atom stereocenters. The molecule has 38 heavy (non-hydrogen) atoms. The number of rotatable bonds is 9. The van der Waals surface area contributed by atoms with Crippen molar-refractivity contribution in [3.05, 3.63) is 69.0 Å². The van der Waals surface area contributed by atoms with Crippen LogP contribution in [0.2, 0.25) is 0 Å². The van der Waals surface area contributed by atoms with E-state index in [1.54, 1.807) is 0 Å². The van der Waals surface area contributed by atoms with Crippen LogP contribution in [0.5, 0.6) is 11.5 Å². The van der Waals surface area contributed by atoms with E-state index in [0.717, 1.165) is 46.7 Å². The molecule has 0 radical (unpaired) electrons.